The number of rotatable bonds is 5. The summed E-state index contributed by atoms with van der Waals surface area (Å²) in [5.41, 5.74) is 4.39. The Labute approximate surface area is 211 Å². The van der Waals surface area contributed by atoms with E-state index in [1.807, 2.05) is 29.2 Å². The van der Waals surface area contributed by atoms with Gasteiger partial charge in [-0.3, -0.25) is 4.79 Å². The molecule has 3 aromatic rings. The zero-order chi connectivity index (χ0) is 24.4. The van der Waals surface area contributed by atoms with E-state index in [4.69, 9.17) is 10.7 Å². The Balaban J connectivity index is 1.34. The largest absolute Gasteiger partial charge is 0.342 e. The standard InChI is InChI=1S/C28H29ClN2O3S/c29-35(33,34)23-12-10-22(11-13-23)24-8-4-5-9-25(24)26-18-30-19-27(26)28(32)31-16-14-21(15-17-31)20-6-2-1-3-7-20/h1-13,21,26-27,30H,14-19H2/t26-,27+/m0/s1. The highest BCUT2D eigenvalue weighted by atomic mass is 35.7. The summed E-state index contributed by atoms with van der Waals surface area (Å²) < 4.78 is 23.3. The van der Waals surface area contributed by atoms with Crippen molar-refractivity contribution in [1.29, 1.82) is 0 Å². The number of nitrogens with one attached hydrogen (secondary N) is 1. The molecule has 0 aliphatic carbocycles. The third-order valence-corrected chi connectivity index (χ3v) is 8.79. The smallest absolute Gasteiger partial charge is 0.261 e. The predicted octanol–water partition coefficient (Wildman–Crippen LogP) is 4.99. The first-order chi connectivity index (χ1) is 16.9. The molecule has 1 N–H and O–H groups in total. The number of halogens is 1. The summed E-state index contributed by atoms with van der Waals surface area (Å²) in [5.74, 6) is 0.678. The molecule has 5 nitrogen and oxygen atoms in total. The van der Waals surface area contributed by atoms with E-state index in [9.17, 15) is 13.2 Å². The Hall–Kier alpha value is -2.67. The lowest BCUT2D eigenvalue weighted by Crippen LogP contribution is -2.43. The minimum atomic E-state index is -3.77. The minimum Gasteiger partial charge on any atom is -0.342 e. The Morgan fingerprint density at radius 2 is 1.51 bits per heavy atom. The fourth-order valence-corrected chi connectivity index (χ4v) is 6.31. The van der Waals surface area contributed by atoms with Crippen molar-refractivity contribution in [3.05, 3.63) is 90.0 Å². The summed E-state index contributed by atoms with van der Waals surface area (Å²) in [4.78, 5) is 15.8. The van der Waals surface area contributed by atoms with Gasteiger partial charge in [-0.15, -0.1) is 0 Å². The first kappa shape index (κ1) is 24.0. The van der Waals surface area contributed by atoms with Crippen LogP contribution in [0.2, 0.25) is 0 Å². The zero-order valence-electron chi connectivity index (χ0n) is 19.4. The summed E-state index contributed by atoms with van der Waals surface area (Å²) in [6.07, 6.45) is 1.99. The minimum absolute atomic E-state index is 0.0574. The molecule has 2 fully saturated rings. The molecule has 3 aromatic carbocycles. The summed E-state index contributed by atoms with van der Waals surface area (Å²) in [5, 5.41) is 3.44. The van der Waals surface area contributed by atoms with Gasteiger partial charge in [0.25, 0.3) is 9.05 Å². The van der Waals surface area contributed by atoms with Crippen LogP contribution in [0.5, 0.6) is 0 Å². The number of amides is 1. The third-order valence-electron chi connectivity index (χ3n) is 7.42. The lowest BCUT2D eigenvalue weighted by Gasteiger charge is -2.35. The van der Waals surface area contributed by atoms with E-state index in [1.165, 1.54) is 17.7 Å². The average Bonchev–Trinajstić information content (AvgIpc) is 3.38. The van der Waals surface area contributed by atoms with Crippen LogP contribution in [0.3, 0.4) is 0 Å². The van der Waals surface area contributed by atoms with Gasteiger partial charge in [-0.2, -0.15) is 0 Å². The molecular formula is C28H29ClN2O3S. The van der Waals surface area contributed by atoms with Gasteiger partial charge in [-0.05, 0) is 53.1 Å². The normalized spacial score (nSPS) is 21.2. The lowest BCUT2D eigenvalue weighted by atomic mass is 9.82. The van der Waals surface area contributed by atoms with Crippen molar-refractivity contribution in [1.82, 2.24) is 10.2 Å². The molecule has 2 aliphatic rings. The van der Waals surface area contributed by atoms with Crippen LogP contribution in [0, 0.1) is 5.92 Å². The maximum absolute atomic E-state index is 13.6. The van der Waals surface area contributed by atoms with Crippen LogP contribution >= 0.6 is 10.7 Å². The number of nitrogens with zero attached hydrogens (tertiary/aromatic N) is 1. The van der Waals surface area contributed by atoms with Crippen molar-refractivity contribution < 1.29 is 13.2 Å². The first-order valence-electron chi connectivity index (χ1n) is 12.1. The Morgan fingerprint density at radius 3 is 2.20 bits per heavy atom. The molecule has 2 aliphatic heterocycles. The van der Waals surface area contributed by atoms with Crippen LogP contribution < -0.4 is 5.32 Å². The van der Waals surface area contributed by atoms with Crippen LogP contribution in [0.15, 0.2) is 83.8 Å². The fraction of sp³-hybridized carbons (Fsp3) is 0.321. The second-order valence-electron chi connectivity index (χ2n) is 9.43. The van der Waals surface area contributed by atoms with Gasteiger partial charge < -0.3 is 10.2 Å². The SMILES string of the molecule is O=C([C@@H]1CNC[C@H]1c1ccccc1-c1ccc(S(=O)(=O)Cl)cc1)N1CCC(c2ccccc2)CC1. The van der Waals surface area contributed by atoms with Crippen LogP contribution in [-0.2, 0) is 13.8 Å². The number of hydrogen-bond acceptors (Lipinski definition) is 4. The van der Waals surface area contributed by atoms with Gasteiger partial charge in [0.15, 0.2) is 0 Å². The molecule has 2 saturated heterocycles. The Morgan fingerprint density at radius 1 is 0.857 bits per heavy atom. The van der Waals surface area contributed by atoms with E-state index in [1.54, 1.807) is 12.1 Å². The number of piperidine rings is 1. The van der Waals surface area contributed by atoms with E-state index < -0.39 is 9.05 Å². The lowest BCUT2D eigenvalue weighted by molar-refractivity contribution is -0.136. The van der Waals surface area contributed by atoms with Crippen LogP contribution in [-0.4, -0.2) is 45.4 Å². The van der Waals surface area contributed by atoms with Crippen molar-refractivity contribution >= 4 is 25.6 Å². The van der Waals surface area contributed by atoms with Crippen LogP contribution in [0.1, 0.15) is 35.8 Å². The molecule has 1 amide bonds. The summed E-state index contributed by atoms with van der Waals surface area (Å²) in [6, 6.07) is 25.3. The maximum Gasteiger partial charge on any atom is 0.261 e. The molecule has 0 spiro atoms. The quantitative estimate of drug-likeness (QED) is 0.493. The monoisotopic (exact) mass is 508 g/mol. The highest BCUT2D eigenvalue weighted by Crippen LogP contribution is 2.38. The molecule has 2 heterocycles. The van der Waals surface area contributed by atoms with Crippen molar-refractivity contribution in [2.75, 3.05) is 26.2 Å². The molecule has 0 radical (unpaired) electrons. The van der Waals surface area contributed by atoms with Gasteiger partial charge in [0, 0.05) is 42.8 Å². The topological polar surface area (TPSA) is 66.5 Å². The maximum atomic E-state index is 13.6. The number of carbonyl (C=O) groups excluding carboxylic acids is 1. The Bertz CT molecular complexity index is 1290. The van der Waals surface area contributed by atoms with Crippen molar-refractivity contribution in [2.24, 2.45) is 5.92 Å². The van der Waals surface area contributed by atoms with Crippen LogP contribution in [0.4, 0.5) is 0 Å². The number of carbonyl (C=O) groups is 1. The molecule has 5 rings (SSSR count). The van der Waals surface area contributed by atoms with Crippen LogP contribution in [0.25, 0.3) is 11.1 Å². The first-order valence-corrected chi connectivity index (χ1v) is 14.4. The fourth-order valence-electron chi connectivity index (χ4n) is 5.54. The molecule has 35 heavy (non-hydrogen) atoms. The molecule has 0 bridgehead atoms. The summed E-state index contributed by atoms with van der Waals surface area (Å²) in [6.45, 7) is 2.98. The number of hydrogen-bond donors (Lipinski definition) is 1. The van der Waals surface area contributed by atoms with Gasteiger partial charge >= 0.3 is 0 Å². The predicted molar refractivity (Wildman–Crippen MR) is 139 cm³/mol. The third kappa shape index (κ3) is 5.15. The summed E-state index contributed by atoms with van der Waals surface area (Å²) >= 11 is 0. The second-order valence-corrected chi connectivity index (χ2v) is 12.0. The van der Waals surface area contributed by atoms with Crippen molar-refractivity contribution in [2.45, 2.75) is 29.6 Å². The van der Waals surface area contributed by atoms with Gasteiger partial charge in [0.2, 0.25) is 5.91 Å². The average molecular weight is 509 g/mol. The van der Waals surface area contributed by atoms with Gasteiger partial charge in [0.05, 0.1) is 10.8 Å². The van der Waals surface area contributed by atoms with Gasteiger partial charge in [0.1, 0.15) is 0 Å². The number of likely N-dealkylation sites (tertiary alicyclic amines) is 1. The molecule has 2 atom stereocenters. The molecule has 0 saturated carbocycles. The van der Waals surface area contributed by atoms with Crippen molar-refractivity contribution in [3.8, 4) is 11.1 Å². The van der Waals surface area contributed by atoms with Crippen molar-refractivity contribution in [3.63, 3.8) is 0 Å². The molecule has 0 unspecified atom stereocenters. The highest BCUT2D eigenvalue weighted by molar-refractivity contribution is 8.13. The Kier molecular flexibility index (Phi) is 6.96. The molecule has 0 aromatic heterocycles. The van der Waals surface area contributed by atoms with E-state index in [0.29, 0.717) is 12.5 Å². The van der Waals surface area contributed by atoms with E-state index in [-0.39, 0.29) is 22.6 Å². The van der Waals surface area contributed by atoms with E-state index >= 15 is 0 Å². The van der Waals surface area contributed by atoms with Gasteiger partial charge in [-0.1, -0.05) is 66.7 Å². The number of benzene rings is 3. The highest BCUT2D eigenvalue weighted by Gasteiger charge is 2.38. The summed E-state index contributed by atoms with van der Waals surface area (Å²) in [7, 11) is 1.72. The second kappa shape index (κ2) is 10.1. The van der Waals surface area contributed by atoms with E-state index in [0.717, 1.165) is 49.2 Å². The zero-order valence-corrected chi connectivity index (χ0v) is 21.0. The molecule has 7 heteroatoms. The molecule has 182 valence electrons. The molecular weight excluding hydrogens is 480 g/mol. The van der Waals surface area contributed by atoms with Gasteiger partial charge in [-0.25, -0.2) is 8.42 Å². The van der Waals surface area contributed by atoms with E-state index in [2.05, 4.69) is 35.6 Å².